The maximum Gasteiger partial charge on any atom is 0.0138 e. The molecule has 19 heavy (non-hydrogen) atoms. The number of aryl methyl sites for hydroxylation is 2. The summed E-state index contributed by atoms with van der Waals surface area (Å²) in [6.45, 7) is 9.38. The first kappa shape index (κ1) is 14.6. The van der Waals surface area contributed by atoms with Gasteiger partial charge in [-0.15, -0.1) is 0 Å². The molecule has 2 unspecified atom stereocenters. The Morgan fingerprint density at radius 1 is 1.26 bits per heavy atom. The van der Waals surface area contributed by atoms with Crippen LogP contribution in [-0.2, 0) is 6.42 Å². The van der Waals surface area contributed by atoms with E-state index >= 15 is 0 Å². The van der Waals surface area contributed by atoms with Gasteiger partial charge in [0, 0.05) is 6.04 Å². The summed E-state index contributed by atoms with van der Waals surface area (Å²) in [4.78, 5) is 0. The monoisotopic (exact) mass is 259 g/mol. The summed E-state index contributed by atoms with van der Waals surface area (Å²) in [7, 11) is 2.13. The highest BCUT2D eigenvalue weighted by atomic mass is 14.9. The molecule has 0 saturated heterocycles. The van der Waals surface area contributed by atoms with Gasteiger partial charge in [-0.05, 0) is 68.2 Å². The number of likely N-dealkylation sites (N-methyl/N-ethyl adjacent to an activating group) is 1. The fourth-order valence-electron chi connectivity index (χ4n) is 3.94. The molecule has 2 rings (SSSR count). The fourth-order valence-corrected chi connectivity index (χ4v) is 3.94. The zero-order valence-electron chi connectivity index (χ0n) is 13.2. The molecule has 1 aliphatic carbocycles. The van der Waals surface area contributed by atoms with Gasteiger partial charge in [0.1, 0.15) is 0 Å². The van der Waals surface area contributed by atoms with Crippen molar-refractivity contribution in [2.24, 2.45) is 11.3 Å². The molecule has 1 saturated carbocycles. The molecule has 1 N–H and O–H groups in total. The Balaban J connectivity index is 2.20. The van der Waals surface area contributed by atoms with E-state index in [1.54, 1.807) is 5.56 Å². The first-order valence-corrected chi connectivity index (χ1v) is 7.68. The molecule has 0 amide bonds. The Kier molecular flexibility index (Phi) is 4.35. The summed E-state index contributed by atoms with van der Waals surface area (Å²) in [5, 5.41) is 3.60. The molecule has 0 aromatic heterocycles. The molecule has 0 aliphatic heterocycles. The van der Waals surface area contributed by atoms with Crippen LogP contribution < -0.4 is 5.32 Å². The van der Waals surface area contributed by atoms with Crippen LogP contribution in [0.25, 0.3) is 0 Å². The molecule has 1 aromatic carbocycles. The minimum atomic E-state index is 0.490. The number of hydrogen-bond donors (Lipinski definition) is 1. The van der Waals surface area contributed by atoms with Gasteiger partial charge in [-0.1, -0.05) is 38.5 Å². The molecule has 1 aliphatic rings. The molecule has 0 bridgehead atoms. The second-order valence-electron chi connectivity index (χ2n) is 6.96. The zero-order valence-corrected chi connectivity index (χ0v) is 13.2. The van der Waals surface area contributed by atoms with Crippen molar-refractivity contribution in [2.45, 2.75) is 59.4 Å². The van der Waals surface area contributed by atoms with Gasteiger partial charge in [0.2, 0.25) is 0 Å². The van der Waals surface area contributed by atoms with E-state index < -0.39 is 0 Å². The van der Waals surface area contributed by atoms with Crippen molar-refractivity contribution in [3.63, 3.8) is 0 Å². The molecule has 2 atom stereocenters. The van der Waals surface area contributed by atoms with Gasteiger partial charge in [0.05, 0.1) is 0 Å². The highest BCUT2D eigenvalue weighted by molar-refractivity contribution is 5.34. The smallest absolute Gasteiger partial charge is 0.0138 e. The zero-order chi connectivity index (χ0) is 14.0. The quantitative estimate of drug-likeness (QED) is 0.852. The van der Waals surface area contributed by atoms with E-state index in [4.69, 9.17) is 0 Å². The fraction of sp³-hybridized carbons (Fsp3) is 0.667. The van der Waals surface area contributed by atoms with Crippen LogP contribution in [0.2, 0.25) is 0 Å². The first-order chi connectivity index (χ1) is 8.95. The molecule has 1 heteroatoms. The van der Waals surface area contributed by atoms with E-state index in [0.29, 0.717) is 11.5 Å². The highest BCUT2D eigenvalue weighted by Gasteiger charge is 2.39. The van der Waals surface area contributed by atoms with Crippen molar-refractivity contribution in [3.8, 4) is 0 Å². The molecule has 106 valence electrons. The Labute approximate surface area is 118 Å². The maximum atomic E-state index is 3.60. The molecule has 0 radical (unpaired) electrons. The van der Waals surface area contributed by atoms with Gasteiger partial charge in [-0.2, -0.15) is 0 Å². The largest absolute Gasteiger partial charge is 0.316 e. The van der Waals surface area contributed by atoms with Crippen LogP contribution in [0, 0.1) is 25.2 Å². The van der Waals surface area contributed by atoms with Crippen LogP contribution in [0.4, 0.5) is 0 Å². The standard InChI is InChI=1S/C18H29N/c1-13-8-6-9-14(2)15(13)12-17(19-5)16-10-7-11-18(16,3)4/h6,8-9,16-17,19H,7,10-12H2,1-5H3. The van der Waals surface area contributed by atoms with Gasteiger partial charge >= 0.3 is 0 Å². The average molecular weight is 259 g/mol. The Morgan fingerprint density at radius 2 is 1.89 bits per heavy atom. The van der Waals surface area contributed by atoms with Crippen LogP contribution >= 0.6 is 0 Å². The second-order valence-corrected chi connectivity index (χ2v) is 6.96. The molecule has 1 aromatic rings. The lowest BCUT2D eigenvalue weighted by atomic mass is 9.75. The highest BCUT2D eigenvalue weighted by Crippen LogP contribution is 2.45. The molecule has 0 spiro atoms. The van der Waals surface area contributed by atoms with Crippen LogP contribution in [0.1, 0.15) is 49.8 Å². The van der Waals surface area contributed by atoms with E-state index in [1.165, 1.54) is 36.8 Å². The molecule has 1 fully saturated rings. The van der Waals surface area contributed by atoms with Gasteiger partial charge in [0.15, 0.2) is 0 Å². The van der Waals surface area contributed by atoms with Crippen molar-refractivity contribution in [2.75, 3.05) is 7.05 Å². The topological polar surface area (TPSA) is 12.0 Å². The van der Waals surface area contributed by atoms with Crippen LogP contribution in [0.5, 0.6) is 0 Å². The maximum absolute atomic E-state index is 3.60. The summed E-state index contributed by atoms with van der Waals surface area (Å²) in [6, 6.07) is 7.27. The third-order valence-electron chi connectivity index (χ3n) is 5.27. The van der Waals surface area contributed by atoms with E-state index in [1.807, 2.05) is 0 Å². The lowest BCUT2D eigenvalue weighted by molar-refractivity contribution is 0.201. The van der Waals surface area contributed by atoms with Gasteiger partial charge in [-0.3, -0.25) is 0 Å². The lowest BCUT2D eigenvalue weighted by Crippen LogP contribution is -2.40. The average Bonchev–Trinajstić information content (AvgIpc) is 2.69. The van der Waals surface area contributed by atoms with Crippen LogP contribution in [0.15, 0.2) is 18.2 Å². The van der Waals surface area contributed by atoms with Crippen molar-refractivity contribution < 1.29 is 0 Å². The predicted octanol–water partition coefficient (Wildman–Crippen LogP) is 4.26. The summed E-state index contributed by atoms with van der Waals surface area (Å²) in [6.07, 6.45) is 5.32. The van der Waals surface area contributed by atoms with E-state index in [0.717, 1.165) is 5.92 Å². The summed E-state index contributed by atoms with van der Waals surface area (Å²) < 4.78 is 0. The molecule has 0 heterocycles. The van der Waals surface area contributed by atoms with E-state index in [9.17, 15) is 0 Å². The van der Waals surface area contributed by atoms with Gasteiger partial charge in [0.25, 0.3) is 0 Å². The third kappa shape index (κ3) is 3.02. The van der Waals surface area contributed by atoms with Crippen molar-refractivity contribution in [1.29, 1.82) is 0 Å². The SMILES string of the molecule is CNC(Cc1c(C)cccc1C)C1CCCC1(C)C. The van der Waals surface area contributed by atoms with Gasteiger partial charge < -0.3 is 5.32 Å². The Bertz CT molecular complexity index is 413. The van der Waals surface area contributed by atoms with Crippen molar-refractivity contribution in [1.82, 2.24) is 5.32 Å². The van der Waals surface area contributed by atoms with Gasteiger partial charge in [-0.25, -0.2) is 0 Å². The Morgan fingerprint density at radius 3 is 2.37 bits per heavy atom. The molecular formula is C18H29N. The van der Waals surface area contributed by atoms with Crippen LogP contribution in [0.3, 0.4) is 0 Å². The predicted molar refractivity (Wildman–Crippen MR) is 83.6 cm³/mol. The minimum absolute atomic E-state index is 0.490. The van der Waals surface area contributed by atoms with Crippen molar-refractivity contribution in [3.05, 3.63) is 34.9 Å². The number of rotatable bonds is 4. The lowest BCUT2D eigenvalue weighted by Gasteiger charge is -2.34. The molecule has 1 nitrogen and oxygen atoms in total. The normalized spacial score (nSPS) is 23.5. The molecular weight excluding hydrogens is 230 g/mol. The minimum Gasteiger partial charge on any atom is -0.316 e. The van der Waals surface area contributed by atoms with E-state index in [2.05, 4.69) is 58.3 Å². The summed E-state index contributed by atoms with van der Waals surface area (Å²) in [5.74, 6) is 0.802. The van der Waals surface area contributed by atoms with Crippen LogP contribution in [-0.4, -0.2) is 13.1 Å². The summed E-state index contributed by atoms with van der Waals surface area (Å²) >= 11 is 0. The number of nitrogens with one attached hydrogen (secondary N) is 1. The Hall–Kier alpha value is -0.820. The van der Waals surface area contributed by atoms with E-state index in [-0.39, 0.29) is 0 Å². The number of benzene rings is 1. The third-order valence-corrected chi connectivity index (χ3v) is 5.27. The summed E-state index contributed by atoms with van der Waals surface area (Å²) in [5.41, 5.74) is 4.92. The first-order valence-electron chi connectivity index (χ1n) is 7.68. The van der Waals surface area contributed by atoms with Crippen molar-refractivity contribution >= 4 is 0 Å². The number of hydrogen-bond acceptors (Lipinski definition) is 1. The second kappa shape index (κ2) is 5.66.